The zero-order chi connectivity index (χ0) is 16.7. The van der Waals surface area contributed by atoms with Crippen molar-refractivity contribution < 1.29 is 13.2 Å². The van der Waals surface area contributed by atoms with E-state index in [0.717, 1.165) is 32.0 Å². The minimum Gasteiger partial charge on any atom is -0.374 e. The molecule has 7 nitrogen and oxygen atoms in total. The summed E-state index contributed by atoms with van der Waals surface area (Å²) in [5, 5.41) is 8.06. The van der Waals surface area contributed by atoms with Gasteiger partial charge in [-0.25, -0.2) is 8.42 Å². The van der Waals surface area contributed by atoms with Gasteiger partial charge in [-0.15, -0.1) is 5.10 Å². The first-order valence-corrected chi connectivity index (χ1v) is 9.93. The van der Waals surface area contributed by atoms with E-state index in [2.05, 4.69) is 26.9 Å². The maximum atomic E-state index is 11.7. The van der Waals surface area contributed by atoms with Gasteiger partial charge in [-0.3, -0.25) is 4.90 Å². The largest absolute Gasteiger partial charge is 0.374 e. The fourth-order valence-corrected chi connectivity index (χ4v) is 3.42. The summed E-state index contributed by atoms with van der Waals surface area (Å²) in [6.45, 7) is 8.06. The van der Waals surface area contributed by atoms with Gasteiger partial charge in [-0.05, 0) is 19.1 Å². The van der Waals surface area contributed by atoms with E-state index in [1.807, 2.05) is 12.1 Å². The second kappa shape index (κ2) is 8.56. The van der Waals surface area contributed by atoms with Crippen molar-refractivity contribution in [2.45, 2.75) is 20.0 Å². The SMILES string of the molecule is CCN(C[C@@H]1CN(CCS(=O)(=O)CC)CCO1)c1cccnn1. The van der Waals surface area contributed by atoms with Crippen molar-refractivity contribution in [1.82, 2.24) is 15.1 Å². The number of hydrogen-bond acceptors (Lipinski definition) is 7. The van der Waals surface area contributed by atoms with E-state index in [0.29, 0.717) is 13.2 Å². The lowest BCUT2D eigenvalue weighted by Gasteiger charge is -2.35. The molecule has 8 heteroatoms. The predicted octanol–water partition coefficient (Wildman–Crippen LogP) is 0.438. The molecule has 0 saturated carbocycles. The number of morpholine rings is 1. The molecule has 1 fully saturated rings. The first-order valence-electron chi connectivity index (χ1n) is 8.11. The second-order valence-electron chi connectivity index (χ2n) is 5.65. The van der Waals surface area contributed by atoms with Crippen LogP contribution in [0, 0.1) is 0 Å². The van der Waals surface area contributed by atoms with Gasteiger partial charge in [0.1, 0.15) is 0 Å². The molecule has 0 aliphatic carbocycles. The quantitative estimate of drug-likeness (QED) is 0.678. The lowest BCUT2D eigenvalue weighted by molar-refractivity contribution is -0.0218. The van der Waals surface area contributed by atoms with Crippen LogP contribution in [0.4, 0.5) is 5.82 Å². The summed E-state index contributed by atoms with van der Waals surface area (Å²) in [7, 11) is -2.92. The minimum atomic E-state index is -2.92. The van der Waals surface area contributed by atoms with Crippen molar-refractivity contribution in [3.63, 3.8) is 0 Å². The number of sulfone groups is 1. The summed E-state index contributed by atoms with van der Waals surface area (Å²) in [5.74, 6) is 1.26. The summed E-state index contributed by atoms with van der Waals surface area (Å²) < 4.78 is 29.1. The maximum Gasteiger partial charge on any atom is 0.151 e. The van der Waals surface area contributed by atoms with E-state index in [1.165, 1.54) is 0 Å². The van der Waals surface area contributed by atoms with Crippen molar-refractivity contribution in [1.29, 1.82) is 0 Å². The van der Waals surface area contributed by atoms with Crippen LogP contribution in [-0.2, 0) is 14.6 Å². The molecule has 130 valence electrons. The molecule has 1 aliphatic heterocycles. The van der Waals surface area contributed by atoms with Crippen LogP contribution < -0.4 is 4.90 Å². The molecule has 0 aromatic carbocycles. The molecule has 0 unspecified atom stereocenters. The van der Waals surface area contributed by atoms with E-state index < -0.39 is 9.84 Å². The van der Waals surface area contributed by atoms with Crippen molar-refractivity contribution in [3.05, 3.63) is 18.3 Å². The highest BCUT2D eigenvalue weighted by molar-refractivity contribution is 7.91. The minimum absolute atomic E-state index is 0.0510. The van der Waals surface area contributed by atoms with Gasteiger partial charge in [0.2, 0.25) is 0 Å². The van der Waals surface area contributed by atoms with Crippen LogP contribution in [0.3, 0.4) is 0 Å². The fourth-order valence-electron chi connectivity index (χ4n) is 2.60. The van der Waals surface area contributed by atoms with Crippen molar-refractivity contribution in [2.75, 3.05) is 55.7 Å². The van der Waals surface area contributed by atoms with Gasteiger partial charge in [0.15, 0.2) is 15.7 Å². The Hall–Kier alpha value is -1.25. The normalized spacial score (nSPS) is 19.7. The molecule has 1 atom stereocenters. The fraction of sp³-hybridized carbons (Fsp3) is 0.733. The average molecular weight is 342 g/mol. The topological polar surface area (TPSA) is 75.6 Å². The van der Waals surface area contributed by atoms with Crippen LogP contribution in [0.25, 0.3) is 0 Å². The third kappa shape index (κ3) is 5.71. The van der Waals surface area contributed by atoms with Crippen LogP contribution in [0.2, 0.25) is 0 Å². The van der Waals surface area contributed by atoms with Crippen LogP contribution in [0.15, 0.2) is 18.3 Å². The summed E-state index contributed by atoms with van der Waals surface area (Å²) in [5.41, 5.74) is 0. The molecule has 2 rings (SSSR count). The van der Waals surface area contributed by atoms with Crippen molar-refractivity contribution in [2.24, 2.45) is 0 Å². The second-order valence-corrected chi connectivity index (χ2v) is 8.12. The highest BCUT2D eigenvalue weighted by Crippen LogP contribution is 2.12. The van der Waals surface area contributed by atoms with Crippen LogP contribution in [-0.4, -0.2) is 80.5 Å². The van der Waals surface area contributed by atoms with E-state index in [1.54, 1.807) is 13.1 Å². The number of likely N-dealkylation sites (N-methyl/N-ethyl adjacent to an activating group) is 1. The predicted molar refractivity (Wildman–Crippen MR) is 90.4 cm³/mol. The molecule has 0 bridgehead atoms. The Morgan fingerprint density at radius 2 is 2.26 bits per heavy atom. The maximum absolute atomic E-state index is 11.7. The zero-order valence-corrected chi connectivity index (χ0v) is 14.7. The van der Waals surface area contributed by atoms with Gasteiger partial charge >= 0.3 is 0 Å². The highest BCUT2D eigenvalue weighted by Gasteiger charge is 2.24. The molecule has 0 amide bonds. The van der Waals surface area contributed by atoms with Crippen molar-refractivity contribution in [3.8, 4) is 0 Å². The van der Waals surface area contributed by atoms with E-state index >= 15 is 0 Å². The Labute approximate surface area is 138 Å². The summed E-state index contributed by atoms with van der Waals surface area (Å²) in [6, 6.07) is 3.81. The average Bonchev–Trinajstić information content (AvgIpc) is 2.59. The van der Waals surface area contributed by atoms with Gasteiger partial charge in [0.05, 0.1) is 18.5 Å². The number of rotatable bonds is 8. The van der Waals surface area contributed by atoms with Gasteiger partial charge in [-0.1, -0.05) is 6.92 Å². The summed E-state index contributed by atoms with van der Waals surface area (Å²) >= 11 is 0. The van der Waals surface area contributed by atoms with Gasteiger partial charge in [0, 0.05) is 44.7 Å². The smallest absolute Gasteiger partial charge is 0.151 e. The Bertz CT molecular complexity index is 567. The molecule has 1 saturated heterocycles. The number of nitrogens with zero attached hydrogens (tertiary/aromatic N) is 4. The summed E-state index contributed by atoms with van der Waals surface area (Å²) in [4.78, 5) is 4.30. The first-order chi connectivity index (χ1) is 11.0. The first kappa shape index (κ1) is 18.1. The Morgan fingerprint density at radius 1 is 1.43 bits per heavy atom. The third-order valence-corrected chi connectivity index (χ3v) is 5.75. The third-order valence-electron chi connectivity index (χ3n) is 4.07. The number of hydrogen-bond donors (Lipinski definition) is 0. The molecule has 1 aliphatic rings. The van der Waals surface area contributed by atoms with E-state index in [-0.39, 0.29) is 17.6 Å². The molecule has 23 heavy (non-hydrogen) atoms. The van der Waals surface area contributed by atoms with Gasteiger partial charge < -0.3 is 9.64 Å². The Kier molecular flexibility index (Phi) is 6.73. The van der Waals surface area contributed by atoms with Gasteiger partial charge in [-0.2, -0.15) is 5.10 Å². The van der Waals surface area contributed by atoms with Crippen LogP contribution >= 0.6 is 0 Å². The Balaban J connectivity index is 1.88. The molecule has 1 aromatic heterocycles. The number of aromatic nitrogens is 2. The van der Waals surface area contributed by atoms with Crippen LogP contribution in [0.5, 0.6) is 0 Å². The van der Waals surface area contributed by atoms with E-state index in [4.69, 9.17) is 4.74 Å². The lowest BCUT2D eigenvalue weighted by Crippen LogP contribution is -2.49. The molecule has 0 N–H and O–H groups in total. The zero-order valence-electron chi connectivity index (χ0n) is 13.9. The Morgan fingerprint density at radius 3 is 2.91 bits per heavy atom. The van der Waals surface area contributed by atoms with Gasteiger partial charge in [0.25, 0.3) is 0 Å². The number of anilines is 1. The molecular weight excluding hydrogens is 316 g/mol. The standard InChI is InChI=1S/C15H26N4O3S/c1-3-19(15-6-5-7-16-17-15)13-14-12-18(8-10-22-14)9-11-23(20,21)4-2/h5-7,14H,3-4,8-13H2,1-2H3/t14-/m0/s1. The lowest BCUT2D eigenvalue weighted by atomic mass is 10.2. The molecule has 0 radical (unpaired) electrons. The molecular formula is C15H26N4O3S. The molecule has 2 heterocycles. The molecule has 1 aromatic rings. The molecule has 0 spiro atoms. The van der Waals surface area contributed by atoms with E-state index in [9.17, 15) is 8.42 Å². The highest BCUT2D eigenvalue weighted by atomic mass is 32.2. The number of ether oxygens (including phenoxy) is 1. The summed E-state index contributed by atoms with van der Waals surface area (Å²) in [6.07, 6.45) is 1.71. The van der Waals surface area contributed by atoms with Crippen LogP contribution in [0.1, 0.15) is 13.8 Å². The monoisotopic (exact) mass is 342 g/mol. The van der Waals surface area contributed by atoms with Crippen molar-refractivity contribution >= 4 is 15.7 Å².